The summed E-state index contributed by atoms with van der Waals surface area (Å²) in [4.78, 5) is 29.9. The highest BCUT2D eigenvalue weighted by Crippen LogP contribution is 2.22. The molecule has 0 saturated heterocycles. The maximum atomic E-state index is 12.7. The van der Waals surface area contributed by atoms with Crippen molar-refractivity contribution in [3.05, 3.63) is 35.4 Å². The Bertz CT molecular complexity index is 657. The number of benzene rings is 1. The van der Waals surface area contributed by atoms with Crippen LogP contribution in [0.3, 0.4) is 0 Å². The predicted molar refractivity (Wildman–Crippen MR) is 85.5 cm³/mol. The SMILES string of the molecule is NCCCO/C(=N/OCCCN1C(=O)c2ccccc2C1=O)C(F)(F)F. The lowest BCUT2D eigenvalue weighted by molar-refractivity contribution is -0.0832. The molecule has 1 heterocycles. The second-order valence-corrected chi connectivity index (χ2v) is 5.38. The van der Waals surface area contributed by atoms with Gasteiger partial charge in [0.1, 0.15) is 6.61 Å². The van der Waals surface area contributed by atoms with E-state index in [9.17, 15) is 22.8 Å². The second-order valence-electron chi connectivity index (χ2n) is 5.38. The van der Waals surface area contributed by atoms with Crippen LogP contribution in [0.2, 0.25) is 0 Å². The van der Waals surface area contributed by atoms with Crippen LogP contribution in [0.15, 0.2) is 29.4 Å². The third kappa shape index (κ3) is 4.72. The summed E-state index contributed by atoms with van der Waals surface area (Å²) in [5.74, 6) is -2.36. The lowest BCUT2D eigenvalue weighted by Crippen LogP contribution is -2.31. The third-order valence-corrected chi connectivity index (χ3v) is 3.47. The quantitative estimate of drug-likeness (QED) is 0.247. The highest BCUT2D eigenvalue weighted by molar-refractivity contribution is 6.21. The number of alkyl halides is 3. The molecule has 2 amide bonds. The number of nitrogens with zero attached hydrogens (tertiary/aromatic N) is 2. The fourth-order valence-electron chi connectivity index (χ4n) is 2.25. The summed E-state index contributed by atoms with van der Waals surface area (Å²) in [7, 11) is 0. The van der Waals surface area contributed by atoms with Crippen LogP contribution in [0.5, 0.6) is 0 Å². The minimum Gasteiger partial charge on any atom is -0.472 e. The number of halogens is 3. The molecule has 0 fully saturated rings. The van der Waals surface area contributed by atoms with Gasteiger partial charge >= 0.3 is 12.1 Å². The van der Waals surface area contributed by atoms with Crippen LogP contribution in [-0.4, -0.2) is 55.1 Å². The molecular weight excluding hydrogens is 355 g/mol. The Morgan fingerprint density at radius 2 is 1.69 bits per heavy atom. The van der Waals surface area contributed by atoms with E-state index >= 15 is 0 Å². The standard InChI is InChI=1S/C16H18F3N3O4/c17-16(18,19)15(25-9-3-7-20)21-26-10-4-8-22-13(23)11-5-1-2-6-12(11)14(22)24/h1-2,5-6H,3-4,7-10,20H2/b21-15+. The lowest BCUT2D eigenvalue weighted by Gasteiger charge is -2.13. The molecule has 0 unspecified atom stereocenters. The van der Waals surface area contributed by atoms with Crippen molar-refractivity contribution >= 4 is 17.7 Å². The number of imide groups is 1. The summed E-state index contributed by atoms with van der Waals surface area (Å²) in [6.07, 6.45) is -4.41. The molecule has 0 aromatic heterocycles. The average molecular weight is 373 g/mol. The van der Waals surface area contributed by atoms with Crippen molar-refractivity contribution in [1.82, 2.24) is 4.90 Å². The van der Waals surface area contributed by atoms with Crippen LogP contribution in [0.4, 0.5) is 13.2 Å². The molecule has 1 aliphatic heterocycles. The van der Waals surface area contributed by atoms with Crippen molar-refractivity contribution in [3.8, 4) is 0 Å². The highest BCUT2D eigenvalue weighted by atomic mass is 19.4. The van der Waals surface area contributed by atoms with Gasteiger partial charge in [0.15, 0.2) is 0 Å². The van der Waals surface area contributed by atoms with Gasteiger partial charge in [0.25, 0.3) is 11.8 Å². The summed E-state index contributed by atoms with van der Waals surface area (Å²) >= 11 is 0. The number of hydrogen-bond donors (Lipinski definition) is 1. The Hall–Kier alpha value is -2.62. The second kappa shape index (κ2) is 8.65. The first kappa shape index (κ1) is 19.7. The molecule has 2 rings (SSSR count). The van der Waals surface area contributed by atoms with E-state index in [2.05, 4.69) is 14.7 Å². The van der Waals surface area contributed by atoms with Gasteiger partial charge in [0, 0.05) is 13.0 Å². The minimum atomic E-state index is -4.78. The Labute approximate surface area is 147 Å². The van der Waals surface area contributed by atoms with Gasteiger partial charge < -0.3 is 15.3 Å². The van der Waals surface area contributed by atoms with E-state index in [1.807, 2.05) is 0 Å². The van der Waals surface area contributed by atoms with Crippen molar-refractivity contribution in [2.75, 3.05) is 26.3 Å². The van der Waals surface area contributed by atoms with Crippen molar-refractivity contribution in [3.63, 3.8) is 0 Å². The molecule has 7 nitrogen and oxygen atoms in total. The third-order valence-electron chi connectivity index (χ3n) is 3.47. The monoisotopic (exact) mass is 373 g/mol. The first-order valence-electron chi connectivity index (χ1n) is 7.91. The Morgan fingerprint density at radius 3 is 2.23 bits per heavy atom. The number of carbonyl (C=O) groups excluding carboxylic acids is 2. The number of fused-ring (bicyclic) bond motifs is 1. The predicted octanol–water partition coefficient (Wildman–Crippen LogP) is 1.93. The Morgan fingerprint density at radius 1 is 1.08 bits per heavy atom. The van der Waals surface area contributed by atoms with E-state index < -0.39 is 23.9 Å². The number of ether oxygens (including phenoxy) is 1. The molecule has 142 valence electrons. The molecule has 10 heteroatoms. The Balaban J connectivity index is 1.83. The molecule has 1 aromatic rings. The summed E-state index contributed by atoms with van der Waals surface area (Å²) in [6.45, 7) is -0.246. The number of hydrogen-bond acceptors (Lipinski definition) is 6. The largest absolute Gasteiger partial charge is 0.472 e. The molecular formula is C16H18F3N3O4. The number of rotatable bonds is 8. The van der Waals surface area contributed by atoms with E-state index in [0.29, 0.717) is 11.1 Å². The molecule has 0 bridgehead atoms. The highest BCUT2D eigenvalue weighted by Gasteiger charge is 2.39. The molecule has 0 saturated carbocycles. The maximum absolute atomic E-state index is 12.7. The van der Waals surface area contributed by atoms with Gasteiger partial charge in [0.05, 0.1) is 17.7 Å². The average Bonchev–Trinajstić information content (AvgIpc) is 2.84. The number of amides is 2. The summed E-state index contributed by atoms with van der Waals surface area (Å²) in [6, 6.07) is 6.39. The fraction of sp³-hybridized carbons (Fsp3) is 0.438. The van der Waals surface area contributed by atoms with Crippen molar-refractivity contribution < 1.29 is 32.3 Å². The van der Waals surface area contributed by atoms with Crippen LogP contribution in [0.1, 0.15) is 33.6 Å². The molecule has 1 aromatic carbocycles. The minimum absolute atomic E-state index is 0.0112. The van der Waals surface area contributed by atoms with Gasteiger partial charge in [-0.3, -0.25) is 14.5 Å². The lowest BCUT2D eigenvalue weighted by atomic mass is 10.1. The fourth-order valence-corrected chi connectivity index (χ4v) is 2.25. The maximum Gasteiger partial charge on any atom is 0.471 e. The van der Waals surface area contributed by atoms with Crippen molar-refractivity contribution in [2.24, 2.45) is 10.9 Å². The molecule has 26 heavy (non-hydrogen) atoms. The summed E-state index contributed by atoms with van der Waals surface area (Å²) < 4.78 is 42.6. The van der Waals surface area contributed by atoms with E-state index in [0.717, 1.165) is 4.90 Å². The number of nitrogens with two attached hydrogens (primary N) is 1. The Kier molecular flexibility index (Phi) is 6.56. The van der Waals surface area contributed by atoms with Crippen molar-refractivity contribution in [2.45, 2.75) is 19.0 Å². The van der Waals surface area contributed by atoms with E-state index in [-0.39, 0.29) is 39.1 Å². The van der Waals surface area contributed by atoms with E-state index in [1.54, 1.807) is 24.3 Å². The zero-order valence-electron chi connectivity index (χ0n) is 13.8. The van der Waals surface area contributed by atoms with Crippen LogP contribution in [0, 0.1) is 0 Å². The normalized spacial score (nSPS) is 14.6. The van der Waals surface area contributed by atoms with E-state index in [4.69, 9.17) is 5.73 Å². The van der Waals surface area contributed by atoms with E-state index in [1.165, 1.54) is 0 Å². The van der Waals surface area contributed by atoms with Gasteiger partial charge in [-0.2, -0.15) is 13.2 Å². The van der Waals surface area contributed by atoms with Gasteiger partial charge in [-0.05, 0) is 30.3 Å². The molecule has 0 spiro atoms. The zero-order valence-corrected chi connectivity index (χ0v) is 13.8. The van der Waals surface area contributed by atoms with Crippen LogP contribution in [0.25, 0.3) is 0 Å². The molecule has 0 aliphatic carbocycles. The van der Waals surface area contributed by atoms with Crippen LogP contribution >= 0.6 is 0 Å². The summed E-state index contributed by atoms with van der Waals surface area (Å²) in [5.41, 5.74) is 5.80. The van der Waals surface area contributed by atoms with Gasteiger partial charge in [-0.25, -0.2) is 0 Å². The number of oxime groups is 1. The van der Waals surface area contributed by atoms with Gasteiger partial charge in [0.2, 0.25) is 0 Å². The number of carbonyl (C=O) groups is 2. The van der Waals surface area contributed by atoms with Gasteiger partial charge in [-0.15, -0.1) is 0 Å². The van der Waals surface area contributed by atoms with Gasteiger partial charge in [-0.1, -0.05) is 12.1 Å². The molecule has 0 atom stereocenters. The smallest absolute Gasteiger partial charge is 0.471 e. The zero-order chi connectivity index (χ0) is 19.2. The molecule has 2 N–H and O–H groups in total. The van der Waals surface area contributed by atoms with Crippen LogP contribution < -0.4 is 5.73 Å². The van der Waals surface area contributed by atoms with Crippen molar-refractivity contribution in [1.29, 1.82) is 0 Å². The first-order chi connectivity index (χ1) is 12.4. The summed E-state index contributed by atoms with van der Waals surface area (Å²) in [5, 5.41) is 2.95. The molecule has 1 aliphatic rings. The van der Waals surface area contributed by atoms with Crippen LogP contribution in [-0.2, 0) is 9.57 Å². The topological polar surface area (TPSA) is 94.2 Å². The first-order valence-corrected chi connectivity index (χ1v) is 7.91. The molecule has 0 radical (unpaired) electrons.